The van der Waals surface area contributed by atoms with Crippen molar-refractivity contribution in [1.29, 1.82) is 0 Å². The number of carbonyl (C=O) groups is 1. The molecule has 1 aromatic heterocycles. The SMILES string of the molecule is O=C(O)c1nc(C2CCSCC2)n2c1CCCC2. The van der Waals surface area contributed by atoms with Gasteiger partial charge >= 0.3 is 5.97 Å². The van der Waals surface area contributed by atoms with E-state index in [1.54, 1.807) is 0 Å². The quantitative estimate of drug-likeness (QED) is 0.893. The van der Waals surface area contributed by atoms with Crippen molar-refractivity contribution < 1.29 is 9.90 Å². The minimum atomic E-state index is -0.864. The van der Waals surface area contributed by atoms with Crippen LogP contribution in [0.3, 0.4) is 0 Å². The van der Waals surface area contributed by atoms with E-state index in [9.17, 15) is 9.90 Å². The van der Waals surface area contributed by atoms with Crippen LogP contribution in [0.15, 0.2) is 0 Å². The number of aromatic carboxylic acids is 1. The first kappa shape index (κ1) is 12.1. The Morgan fingerprint density at radius 1 is 1.33 bits per heavy atom. The zero-order valence-electron chi connectivity index (χ0n) is 10.4. The monoisotopic (exact) mass is 266 g/mol. The maximum atomic E-state index is 11.3. The standard InChI is InChI=1S/C13H18N2O2S/c16-13(17)11-10-3-1-2-6-15(10)12(14-11)9-4-7-18-8-5-9/h9H,1-8H2,(H,16,17). The molecule has 0 radical (unpaired) electrons. The van der Waals surface area contributed by atoms with Gasteiger partial charge in [0.05, 0.1) is 5.69 Å². The molecular weight excluding hydrogens is 248 g/mol. The van der Waals surface area contributed by atoms with Crippen LogP contribution in [-0.2, 0) is 13.0 Å². The number of rotatable bonds is 2. The Balaban J connectivity index is 2.00. The molecule has 98 valence electrons. The first-order valence-electron chi connectivity index (χ1n) is 6.67. The second-order valence-electron chi connectivity index (χ2n) is 5.07. The molecule has 0 amide bonds. The van der Waals surface area contributed by atoms with E-state index in [2.05, 4.69) is 9.55 Å². The molecule has 0 spiro atoms. The molecule has 1 saturated heterocycles. The number of carboxylic acid groups (broad SMARTS) is 1. The summed E-state index contributed by atoms with van der Waals surface area (Å²) in [6.45, 7) is 0.953. The number of thioether (sulfide) groups is 1. The normalized spacial score (nSPS) is 20.7. The average Bonchev–Trinajstić information content (AvgIpc) is 2.79. The molecule has 0 saturated carbocycles. The van der Waals surface area contributed by atoms with Gasteiger partial charge in [0.1, 0.15) is 5.82 Å². The van der Waals surface area contributed by atoms with E-state index in [0.29, 0.717) is 11.6 Å². The molecule has 4 nitrogen and oxygen atoms in total. The summed E-state index contributed by atoms with van der Waals surface area (Å²) < 4.78 is 2.20. The molecule has 5 heteroatoms. The van der Waals surface area contributed by atoms with Crippen molar-refractivity contribution in [3.8, 4) is 0 Å². The molecule has 0 atom stereocenters. The second kappa shape index (κ2) is 4.96. The van der Waals surface area contributed by atoms with Gasteiger partial charge in [0.15, 0.2) is 5.69 Å². The van der Waals surface area contributed by atoms with Gasteiger partial charge in [-0.25, -0.2) is 9.78 Å². The van der Waals surface area contributed by atoms with E-state index in [0.717, 1.165) is 50.2 Å². The van der Waals surface area contributed by atoms with E-state index in [4.69, 9.17) is 0 Å². The van der Waals surface area contributed by atoms with Gasteiger partial charge in [0.2, 0.25) is 0 Å². The van der Waals surface area contributed by atoms with Crippen LogP contribution in [0.1, 0.15) is 53.6 Å². The van der Waals surface area contributed by atoms with Crippen molar-refractivity contribution in [3.05, 3.63) is 17.2 Å². The number of carboxylic acids is 1. The summed E-state index contributed by atoms with van der Waals surface area (Å²) in [5, 5.41) is 9.27. The summed E-state index contributed by atoms with van der Waals surface area (Å²) >= 11 is 1.99. The molecule has 0 bridgehead atoms. The van der Waals surface area contributed by atoms with Gasteiger partial charge in [0.25, 0.3) is 0 Å². The molecule has 2 aliphatic heterocycles. The van der Waals surface area contributed by atoms with E-state index >= 15 is 0 Å². The third-order valence-electron chi connectivity index (χ3n) is 3.94. The van der Waals surface area contributed by atoms with Crippen LogP contribution < -0.4 is 0 Å². The van der Waals surface area contributed by atoms with Crippen molar-refractivity contribution in [2.24, 2.45) is 0 Å². The largest absolute Gasteiger partial charge is 0.476 e. The topological polar surface area (TPSA) is 55.1 Å². The summed E-state index contributed by atoms with van der Waals surface area (Å²) in [5.74, 6) is 3.00. The molecule has 1 N–H and O–H groups in total. The number of imidazole rings is 1. The molecule has 18 heavy (non-hydrogen) atoms. The molecule has 3 rings (SSSR count). The van der Waals surface area contributed by atoms with Crippen LogP contribution in [0.5, 0.6) is 0 Å². The van der Waals surface area contributed by atoms with Gasteiger partial charge in [-0.05, 0) is 43.6 Å². The Hall–Kier alpha value is -0.970. The molecule has 3 heterocycles. The number of hydrogen-bond donors (Lipinski definition) is 1. The van der Waals surface area contributed by atoms with Crippen LogP contribution >= 0.6 is 11.8 Å². The van der Waals surface area contributed by atoms with Crippen LogP contribution in [0, 0.1) is 0 Å². The fourth-order valence-corrected chi connectivity index (χ4v) is 4.12. The zero-order chi connectivity index (χ0) is 12.5. The Morgan fingerprint density at radius 3 is 2.83 bits per heavy atom. The van der Waals surface area contributed by atoms with Gasteiger partial charge in [-0.1, -0.05) is 0 Å². The van der Waals surface area contributed by atoms with Crippen LogP contribution in [0.4, 0.5) is 0 Å². The molecule has 1 aromatic rings. The third-order valence-corrected chi connectivity index (χ3v) is 4.99. The van der Waals surface area contributed by atoms with Crippen LogP contribution in [0.2, 0.25) is 0 Å². The van der Waals surface area contributed by atoms with Gasteiger partial charge in [-0.3, -0.25) is 0 Å². The lowest BCUT2D eigenvalue weighted by molar-refractivity contribution is 0.0689. The summed E-state index contributed by atoms with van der Waals surface area (Å²) in [4.78, 5) is 15.8. The number of nitrogens with zero attached hydrogens (tertiary/aromatic N) is 2. The highest BCUT2D eigenvalue weighted by Gasteiger charge is 2.28. The van der Waals surface area contributed by atoms with Crippen molar-refractivity contribution in [1.82, 2.24) is 9.55 Å². The minimum absolute atomic E-state index is 0.308. The Morgan fingerprint density at radius 2 is 2.11 bits per heavy atom. The maximum Gasteiger partial charge on any atom is 0.356 e. The minimum Gasteiger partial charge on any atom is -0.476 e. The summed E-state index contributed by atoms with van der Waals surface area (Å²) in [6.07, 6.45) is 5.39. The number of fused-ring (bicyclic) bond motifs is 1. The predicted molar refractivity (Wildman–Crippen MR) is 71.4 cm³/mol. The third kappa shape index (κ3) is 2.05. The lowest BCUT2D eigenvalue weighted by Gasteiger charge is -2.24. The fraction of sp³-hybridized carbons (Fsp3) is 0.692. The van der Waals surface area contributed by atoms with E-state index < -0.39 is 5.97 Å². The maximum absolute atomic E-state index is 11.3. The van der Waals surface area contributed by atoms with Crippen molar-refractivity contribution >= 4 is 17.7 Å². The first-order chi connectivity index (χ1) is 8.77. The Bertz CT molecular complexity index is 464. The number of aromatic nitrogens is 2. The fourth-order valence-electron chi connectivity index (χ4n) is 3.01. The molecule has 0 aliphatic carbocycles. The highest BCUT2D eigenvalue weighted by atomic mass is 32.2. The molecular formula is C13H18N2O2S. The zero-order valence-corrected chi connectivity index (χ0v) is 11.2. The van der Waals surface area contributed by atoms with E-state index in [1.807, 2.05) is 11.8 Å². The molecule has 0 aromatic carbocycles. The van der Waals surface area contributed by atoms with Crippen molar-refractivity contribution in [2.75, 3.05) is 11.5 Å². The van der Waals surface area contributed by atoms with Crippen molar-refractivity contribution in [3.63, 3.8) is 0 Å². The smallest absolute Gasteiger partial charge is 0.356 e. The van der Waals surface area contributed by atoms with E-state index in [-0.39, 0.29) is 0 Å². The lowest BCUT2D eigenvalue weighted by Crippen LogP contribution is -2.18. The van der Waals surface area contributed by atoms with Crippen molar-refractivity contribution in [2.45, 2.75) is 44.6 Å². The van der Waals surface area contributed by atoms with Crippen LogP contribution in [0.25, 0.3) is 0 Å². The Kier molecular flexibility index (Phi) is 3.33. The average molecular weight is 266 g/mol. The summed E-state index contributed by atoms with van der Waals surface area (Å²) in [5.41, 5.74) is 1.27. The second-order valence-corrected chi connectivity index (χ2v) is 6.29. The summed E-state index contributed by atoms with van der Waals surface area (Å²) in [7, 11) is 0. The predicted octanol–water partition coefficient (Wildman–Crippen LogP) is 2.53. The summed E-state index contributed by atoms with van der Waals surface area (Å²) in [6, 6.07) is 0. The molecule has 0 unspecified atom stereocenters. The van der Waals surface area contributed by atoms with Crippen LogP contribution in [-0.4, -0.2) is 32.1 Å². The Labute approximate surface area is 111 Å². The number of hydrogen-bond acceptors (Lipinski definition) is 3. The van der Waals surface area contributed by atoms with Gasteiger partial charge < -0.3 is 9.67 Å². The first-order valence-corrected chi connectivity index (χ1v) is 7.83. The highest BCUT2D eigenvalue weighted by molar-refractivity contribution is 7.99. The van der Waals surface area contributed by atoms with E-state index in [1.165, 1.54) is 11.5 Å². The van der Waals surface area contributed by atoms with Gasteiger partial charge in [-0.2, -0.15) is 11.8 Å². The molecule has 2 aliphatic rings. The highest BCUT2D eigenvalue weighted by Crippen LogP contribution is 2.33. The molecule has 1 fully saturated rings. The lowest BCUT2D eigenvalue weighted by atomic mass is 10.0. The van der Waals surface area contributed by atoms with Gasteiger partial charge in [-0.15, -0.1) is 0 Å². The van der Waals surface area contributed by atoms with Gasteiger partial charge in [0, 0.05) is 12.5 Å².